The van der Waals surface area contributed by atoms with Gasteiger partial charge in [-0.3, -0.25) is 9.89 Å². The molecule has 0 saturated carbocycles. The highest BCUT2D eigenvalue weighted by molar-refractivity contribution is 5.92. The molecule has 0 radical (unpaired) electrons. The number of carbonyl (C=O) groups excluding carboxylic acids is 1. The maximum absolute atomic E-state index is 11.6. The summed E-state index contributed by atoms with van der Waals surface area (Å²) in [6.07, 6.45) is 1.68. The molecule has 0 unspecified atom stereocenters. The molecule has 1 heterocycles. The van der Waals surface area contributed by atoms with E-state index in [1.54, 1.807) is 6.07 Å². The number of nitrogens with one attached hydrogen (secondary N) is 2. The normalized spacial score (nSPS) is 10.4. The zero-order chi connectivity index (χ0) is 11.8. The summed E-state index contributed by atoms with van der Waals surface area (Å²) in [5.41, 5.74) is 1.42. The van der Waals surface area contributed by atoms with Gasteiger partial charge in [-0.15, -0.1) is 0 Å². The topological polar surface area (TPSA) is 67.0 Å². The number of carbonyl (C=O) groups is 1. The van der Waals surface area contributed by atoms with E-state index >= 15 is 0 Å². The van der Waals surface area contributed by atoms with E-state index in [1.807, 2.05) is 13.8 Å². The number of hydrogen-bond donors (Lipinski definition) is 2. The largest absolute Gasteiger partial charge is 0.382 e. The van der Waals surface area contributed by atoms with Crippen molar-refractivity contribution in [3.63, 3.8) is 0 Å². The summed E-state index contributed by atoms with van der Waals surface area (Å²) in [6, 6.07) is 1.78. The van der Waals surface area contributed by atoms with Crippen LogP contribution in [0, 0.1) is 0 Å². The molecule has 0 aromatic carbocycles. The molecule has 0 spiro atoms. The molecule has 90 valence electrons. The summed E-state index contributed by atoms with van der Waals surface area (Å²) in [5, 5.41) is 9.54. The molecule has 0 atom stereocenters. The van der Waals surface area contributed by atoms with E-state index < -0.39 is 0 Å². The maximum atomic E-state index is 11.6. The van der Waals surface area contributed by atoms with Crippen LogP contribution in [0.4, 0.5) is 0 Å². The molecule has 1 rings (SSSR count). The standard InChI is InChI=1S/C11H19N3O2/c1-3-9-8-10(14-13-9)11(15)12-6-5-7-16-4-2/h8H,3-7H2,1-2H3,(H,12,15)(H,13,14). The number of amides is 1. The first-order valence-corrected chi connectivity index (χ1v) is 5.68. The van der Waals surface area contributed by atoms with Gasteiger partial charge < -0.3 is 10.1 Å². The Balaban J connectivity index is 2.24. The number of nitrogens with zero attached hydrogens (tertiary/aromatic N) is 1. The predicted molar refractivity (Wildman–Crippen MR) is 61.4 cm³/mol. The fourth-order valence-corrected chi connectivity index (χ4v) is 1.27. The smallest absolute Gasteiger partial charge is 0.271 e. The van der Waals surface area contributed by atoms with Gasteiger partial charge in [0.1, 0.15) is 5.69 Å². The maximum Gasteiger partial charge on any atom is 0.271 e. The lowest BCUT2D eigenvalue weighted by atomic mass is 10.3. The second-order valence-corrected chi connectivity index (χ2v) is 3.44. The van der Waals surface area contributed by atoms with Gasteiger partial charge in [-0.05, 0) is 25.8 Å². The third-order valence-electron chi connectivity index (χ3n) is 2.20. The number of hydrogen-bond acceptors (Lipinski definition) is 3. The van der Waals surface area contributed by atoms with Crippen molar-refractivity contribution in [2.24, 2.45) is 0 Å². The number of rotatable bonds is 7. The summed E-state index contributed by atoms with van der Waals surface area (Å²) in [4.78, 5) is 11.6. The lowest BCUT2D eigenvalue weighted by Crippen LogP contribution is -2.25. The zero-order valence-corrected chi connectivity index (χ0v) is 9.88. The number of aromatic amines is 1. The summed E-state index contributed by atoms with van der Waals surface area (Å²) >= 11 is 0. The van der Waals surface area contributed by atoms with Crippen molar-refractivity contribution in [1.29, 1.82) is 0 Å². The van der Waals surface area contributed by atoms with Crippen LogP contribution >= 0.6 is 0 Å². The molecule has 0 bridgehead atoms. The molecule has 0 aliphatic heterocycles. The fraction of sp³-hybridized carbons (Fsp3) is 0.636. The predicted octanol–water partition coefficient (Wildman–Crippen LogP) is 1.13. The Hall–Kier alpha value is -1.36. The minimum absolute atomic E-state index is 0.132. The average Bonchev–Trinajstić information content (AvgIpc) is 2.77. The molecule has 0 saturated heterocycles. The van der Waals surface area contributed by atoms with Crippen LogP contribution < -0.4 is 5.32 Å². The number of H-pyrrole nitrogens is 1. The van der Waals surface area contributed by atoms with Crippen molar-refractivity contribution < 1.29 is 9.53 Å². The average molecular weight is 225 g/mol. The first kappa shape index (κ1) is 12.7. The van der Waals surface area contributed by atoms with Crippen molar-refractivity contribution >= 4 is 5.91 Å². The first-order chi connectivity index (χ1) is 7.77. The van der Waals surface area contributed by atoms with Crippen LogP contribution in [0.1, 0.15) is 36.5 Å². The second kappa shape index (κ2) is 7.00. The molecule has 16 heavy (non-hydrogen) atoms. The van der Waals surface area contributed by atoms with Crippen LogP contribution in [-0.2, 0) is 11.2 Å². The van der Waals surface area contributed by atoms with Crippen molar-refractivity contribution in [1.82, 2.24) is 15.5 Å². The molecule has 1 aromatic heterocycles. The SMILES string of the molecule is CCOCCCNC(=O)c1cc(CC)[nH]n1. The van der Waals surface area contributed by atoms with Crippen LogP contribution in [0.25, 0.3) is 0 Å². The van der Waals surface area contributed by atoms with Crippen LogP contribution in [0.15, 0.2) is 6.07 Å². The molecule has 2 N–H and O–H groups in total. The molecule has 0 aliphatic carbocycles. The quantitative estimate of drug-likeness (QED) is 0.683. The molecule has 5 heteroatoms. The minimum atomic E-state index is -0.132. The van der Waals surface area contributed by atoms with E-state index in [-0.39, 0.29) is 5.91 Å². The van der Waals surface area contributed by atoms with Gasteiger partial charge >= 0.3 is 0 Å². The van der Waals surface area contributed by atoms with Gasteiger partial charge in [0.15, 0.2) is 0 Å². The van der Waals surface area contributed by atoms with Gasteiger partial charge in [0.05, 0.1) is 0 Å². The fourth-order valence-electron chi connectivity index (χ4n) is 1.27. The molecular formula is C11H19N3O2. The van der Waals surface area contributed by atoms with Gasteiger partial charge in [-0.1, -0.05) is 6.92 Å². The second-order valence-electron chi connectivity index (χ2n) is 3.44. The van der Waals surface area contributed by atoms with Crippen LogP contribution in [-0.4, -0.2) is 35.9 Å². The van der Waals surface area contributed by atoms with Crippen LogP contribution in [0.3, 0.4) is 0 Å². The van der Waals surface area contributed by atoms with E-state index in [1.165, 1.54) is 0 Å². The Kier molecular flexibility index (Phi) is 5.56. The Morgan fingerprint density at radius 2 is 2.38 bits per heavy atom. The van der Waals surface area contributed by atoms with Gasteiger partial charge in [0.25, 0.3) is 5.91 Å². The molecule has 0 aliphatic rings. The molecule has 1 amide bonds. The van der Waals surface area contributed by atoms with Crippen molar-refractivity contribution in [2.45, 2.75) is 26.7 Å². The lowest BCUT2D eigenvalue weighted by molar-refractivity contribution is 0.0939. The Morgan fingerprint density at radius 3 is 3.00 bits per heavy atom. The Bertz CT molecular complexity index is 323. The summed E-state index contributed by atoms with van der Waals surface area (Å²) < 4.78 is 5.17. The van der Waals surface area contributed by atoms with E-state index in [2.05, 4.69) is 15.5 Å². The van der Waals surface area contributed by atoms with Gasteiger partial charge in [-0.25, -0.2) is 0 Å². The Morgan fingerprint density at radius 1 is 1.56 bits per heavy atom. The number of aryl methyl sites for hydroxylation is 1. The van der Waals surface area contributed by atoms with E-state index in [4.69, 9.17) is 4.74 Å². The van der Waals surface area contributed by atoms with E-state index in [0.717, 1.165) is 18.5 Å². The summed E-state index contributed by atoms with van der Waals surface area (Å²) in [6.45, 7) is 5.98. The van der Waals surface area contributed by atoms with Crippen molar-refractivity contribution in [3.8, 4) is 0 Å². The van der Waals surface area contributed by atoms with E-state index in [9.17, 15) is 4.79 Å². The number of ether oxygens (including phenoxy) is 1. The highest BCUT2D eigenvalue weighted by atomic mass is 16.5. The molecular weight excluding hydrogens is 206 g/mol. The van der Waals surface area contributed by atoms with Gasteiger partial charge in [-0.2, -0.15) is 5.10 Å². The van der Waals surface area contributed by atoms with Crippen molar-refractivity contribution in [2.75, 3.05) is 19.8 Å². The van der Waals surface area contributed by atoms with Gasteiger partial charge in [0, 0.05) is 25.5 Å². The Labute approximate surface area is 95.6 Å². The van der Waals surface area contributed by atoms with E-state index in [0.29, 0.717) is 25.5 Å². The highest BCUT2D eigenvalue weighted by Gasteiger charge is 2.08. The molecule has 1 aromatic rings. The summed E-state index contributed by atoms with van der Waals surface area (Å²) in [5.74, 6) is -0.132. The molecule has 5 nitrogen and oxygen atoms in total. The number of aromatic nitrogens is 2. The monoisotopic (exact) mass is 225 g/mol. The first-order valence-electron chi connectivity index (χ1n) is 5.68. The van der Waals surface area contributed by atoms with Crippen LogP contribution in [0.5, 0.6) is 0 Å². The molecule has 0 fully saturated rings. The van der Waals surface area contributed by atoms with Gasteiger partial charge in [0.2, 0.25) is 0 Å². The minimum Gasteiger partial charge on any atom is -0.382 e. The highest BCUT2D eigenvalue weighted by Crippen LogP contribution is 1.99. The third-order valence-corrected chi connectivity index (χ3v) is 2.20. The summed E-state index contributed by atoms with van der Waals surface area (Å²) in [7, 11) is 0. The van der Waals surface area contributed by atoms with Crippen molar-refractivity contribution in [3.05, 3.63) is 17.5 Å². The van der Waals surface area contributed by atoms with Crippen LogP contribution in [0.2, 0.25) is 0 Å². The third kappa shape index (κ3) is 4.02. The zero-order valence-electron chi connectivity index (χ0n) is 9.88. The lowest BCUT2D eigenvalue weighted by Gasteiger charge is -2.02.